The number of urea groups is 1. The van der Waals surface area contributed by atoms with Gasteiger partial charge in [-0.15, -0.1) is 0 Å². The first-order valence-electron chi connectivity index (χ1n) is 12.4. The number of rotatable bonds is 11. The highest BCUT2D eigenvalue weighted by Crippen LogP contribution is 2.27. The molecule has 3 rings (SSSR count). The second-order valence-corrected chi connectivity index (χ2v) is 8.98. The van der Waals surface area contributed by atoms with Gasteiger partial charge in [0.2, 0.25) is 11.8 Å². The maximum Gasteiger partial charge on any atom is 0.407 e. The fourth-order valence-electron chi connectivity index (χ4n) is 4.52. The van der Waals surface area contributed by atoms with Crippen LogP contribution in [-0.2, 0) is 25.6 Å². The van der Waals surface area contributed by atoms with Crippen molar-refractivity contribution < 1.29 is 33.0 Å². The van der Waals surface area contributed by atoms with Gasteiger partial charge in [-0.05, 0) is 30.5 Å². The molecule has 0 unspecified atom stereocenters. The van der Waals surface area contributed by atoms with Crippen LogP contribution in [0.5, 0.6) is 0 Å². The molecule has 2 aliphatic heterocycles. The molecule has 0 aliphatic carbocycles. The zero-order valence-corrected chi connectivity index (χ0v) is 21.7. The van der Waals surface area contributed by atoms with Crippen LogP contribution in [0.4, 0.5) is 14.0 Å². The van der Waals surface area contributed by atoms with E-state index in [1.165, 1.54) is 40.2 Å². The number of fused-ring (bicyclic) bond motifs is 1. The molecule has 2 heterocycles. The van der Waals surface area contributed by atoms with Crippen molar-refractivity contribution in [2.75, 3.05) is 53.6 Å². The molecule has 0 radical (unpaired) electrons. The SMILES string of the molecule is C=CCOC(=O)NCCC[C@H]1C(=O)N(CCOC)C[C@H]2N1C(=O)CN(C)N2C(=O)NCc1ccc(F)cc1. The van der Waals surface area contributed by atoms with Crippen molar-refractivity contribution in [3.05, 3.63) is 48.3 Å². The van der Waals surface area contributed by atoms with Crippen LogP contribution in [0.1, 0.15) is 18.4 Å². The number of alkyl carbamates (subject to hydrolysis) is 1. The lowest BCUT2D eigenvalue weighted by atomic mass is 10.0. The van der Waals surface area contributed by atoms with Crippen molar-refractivity contribution >= 4 is 23.9 Å². The summed E-state index contributed by atoms with van der Waals surface area (Å²) < 4.78 is 23.3. The molecule has 5 amide bonds. The molecular formula is C25H35FN6O6. The van der Waals surface area contributed by atoms with Crippen LogP contribution in [0.25, 0.3) is 0 Å². The first-order valence-corrected chi connectivity index (χ1v) is 12.4. The van der Waals surface area contributed by atoms with Crippen molar-refractivity contribution in [2.45, 2.75) is 31.6 Å². The van der Waals surface area contributed by atoms with Gasteiger partial charge < -0.3 is 29.9 Å². The third-order valence-electron chi connectivity index (χ3n) is 6.33. The van der Waals surface area contributed by atoms with Crippen LogP contribution in [0, 0.1) is 5.82 Å². The number of ether oxygens (including phenoxy) is 2. The minimum atomic E-state index is -0.815. The Morgan fingerprint density at radius 2 is 1.95 bits per heavy atom. The van der Waals surface area contributed by atoms with Crippen LogP contribution in [0.15, 0.2) is 36.9 Å². The smallest absolute Gasteiger partial charge is 0.407 e. The fraction of sp³-hybridized carbons (Fsp3) is 0.520. The number of amides is 5. The third kappa shape index (κ3) is 7.19. The number of carbonyl (C=O) groups is 4. The van der Waals surface area contributed by atoms with Gasteiger partial charge in [0.05, 0.1) is 19.7 Å². The van der Waals surface area contributed by atoms with Gasteiger partial charge in [0.15, 0.2) is 0 Å². The number of hydrogen-bond acceptors (Lipinski definition) is 7. The van der Waals surface area contributed by atoms with Gasteiger partial charge in [-0.3, -0.25) is 9.59 Å². The second-order valence-electron chi connectivity index (χ2n) is 8.98. The number of nitrogens with one attached hydrogen (secondary N) is 2. The predicted molar refractivity (Wildman–Crippen MR) is 135 cm³/mol. The van der Waals surface area contributed by atoms with E-state index in [-0.39, 0.29) is 56.8 Å². The number of benzene rings is 1. The summed E-state index contributed by atoms with van der Waals surface area (Å²) in [6, 6.07) is 4.51. The standard InChI is InChI=1S/C25H35FN6O6/c1-4-13-38-25(36)27-11-5-6-20-23(34)30(12-14-37-3)16-21-31(20)22(33)17-29(2)32(21)24(35)28-15-18-7-9-19(26)10-8-18/h4,7-10,20-21H,1,5-6,11-17H2,2-3H3,(H,27,36)(H,28,35)/t20-,21-/m0/s1. The molecule has 0 aromatic heterocycles. The number of hydrazine groups is 1. The summed E-state index contributed by atoms with van der Waals surface area (Å²) in [5.74, 6) is -0.886. The average molecular weight is 535 g/mol. The van der Waals surface area contributed by atoms with Gasteiger partial charge in [0.25, 0.3) is 0 Å². The molecule has 38 heavy (non-hydrogen) atoms. The second kappa shape index (κ2) is 13.7. The third-order valence-corrected chi connectivity index (χ3v) is 6.33. The molecule has 0 saturated carbocycles. The Labute approximate surface area is 221 Å². The summed E-state index contributed by atoms with van der Waals surface area (Å²) in [4.78, 5) is 54.6. The Morgan fingerprint density at radius 3 is 2.63 bits per heavy atom. The average Bonchev–Trinajstić information content (AvgIpc) is 2.89. The molecule has 208 valence electrons. The number of likely N-dealkylation sites (N-methyl/N-ethyl adjacent to an activating group) is 1. The van der Waals surface area contributed by atoms with Crippen molar-refractivity contribution in [1.29, 1.82) is 0 Å². The zero-order chi connectivity index (χ0) is 27.7. The summed E-state index contributed by atoms with van der Waals surface area (Å²) in [6.07, 6.45) is 0.802. The van der Waals surface area contributed by atoms with Gasteiger partial charge in [0, 0.05) is 33.8 Å². The van der Waals surface area contributed by atoms with E-state index >= 15 is 0 Å². The molecule has 2 aliphatic rings. The summed E-state index contributed by atoms with van der Waals surface area (Å²) in [5, 5.41) is 8.40. The molecule has 13 heteroatoms. The zero-order valence-electron chi connectivity index (χ0n) is 21.7. The molecular weight excluding hydrogens is 499 g/mol. The molecule has 1 aromatic carbocycles. The van der Waals surface area contributed by atoms with E-state index in [1.807, 2.05) is 0 Å². The minimum Gasteiger partial charge on any atom is -0.445 e. The van der Waals surface area contributed by atoms with Crippen molar-refractivity contribution in [3.63, 3.8) is 0 Å². The molecule has 2 saturated heterocycles. The highest BCUT2D eigenvalue weighted by atomic mass is 19.1. The van der Waals surface area contributed by atoms with E-state index < -0.39 is 24.3 Å². The Morgan fingerprint density at radius 1 is 1.21 bits per heavy atom. The van der Waals surface area contributed by atoms with E-state index in [4.69, 9.17) is 9.47 Å². The van der Waals surface area contributed by atoms with Gasteiger partial charge in [-0.25, -0.2) is 24.0 Å². The first-order chi connectivity index (χ1) is 18.3. The van der Waals surface area contributed by atoms with E-state index in [0.29, 0.717) is 25.1 Å². The lowest BCUT2D eigenvalue weighted by molar-refractivity contribution is -0.187. The molecule has 2 atom stereocenters. The normalized spacial score (nSPS) is 19.7. The quantitative estimate of drug-likeness (QED) is 0.319. The van der Waals surface area contributed by atoms with E-state index in [1.54, 1.807) is 24.1 Å². The van der Waals surface area contributed by atoms with Gasteiger partial charge >= 0.3 is 12.1 Å². The Bertz CT molecular complexity index is 1010. The van der Waals surface area contributed by atoms with Crippen LogP contribution >= 0.6 is 0 Å². The topological polar surface area (TPSA) is 124 Å². The maximum absolute atomic E-state index is 13.4. The lowest BCUT2D eigenvalue weighted by Crippen LogP contribution is -2.76. The molecule has 0 spiro atoms. The summed E-state index contributed by atoms with van der Waals surface area (Å²) >= 11 is 0. The molecule has 1 aromatic rings. The number of methoxy groups -OCH3 is 1. The van der Waals surface area contributed by atoms with Gasteiger partial charge in [-0.1, -0.05) is 24.8 Å². The maximum atomic E-state index is 13.4. The Hall–Kier alpha value is -3.71. The van der Waals surface area contributed by atoms with E-state index in [0.717, 1.165) is 0 Å². The monoisotopic (exact) mass is 534 g/mol. The van der Waals surface area contributed by atoms with Gasteiger partial charge in [0.1, 0.15) is 24.6 Å². The molecule has 2 fully saturated rings. The summed E-state index contributed by atoms with van der Waals surface area (Å²) in [7, 11) is 3.17. The van der Waals surface area contributed by atoms with Crippen LogP contribution < -0.4 is 10.6 Å². The van der Waals surface area contributed by atoms with Crippen LogP contribution in [0.2, 0.25) is 0 Å². The molecule has 12 nitrogen and oxygen atoms in total. The number of nitrogens with zero attached hydrogens (tertiary/aromatic N) is 4. The Balaban J connectivity index is 1.74. The van der Waals surface area contributed by atoms with Crippen molar-refractivity contribution in [1.82, 2.24) is 30.5 Å². The Kier molecular flexibility index (Phi) is 10.4. The highest BCUT2D eigenvalue weighted by molar-refractivity contribution is 5.91. The summed E-state index contributed by atoms with van der Waals surface area (Å²) in [6.45, 7) is 4.59. The number of piperazine rings is 1. The fourth-order valence-corrected chi connectivity index (χ4v) is 4.52. The number of carbonyl (C=O) groups excluding carboxylic acids is 4. The van der Waals surface area contributed by atoms with Crippen LogP contribution in [0.3, 0.4) is 0 Å². The van der Waals surface area contributed by atoms with Gasteiger partial charge in [-0.2, -0.15) is 0 Å². The van der Waals surface area contributed by atoms with Crippen LogP contribution in [-0.4, -0.2) is 110 Å². The van der Waals surface area contributed by atoms with Crippen molar-refractivity contribution in [3.8, 4) is 0 Å². The lowest BCUT2D eigenvalue weighted by Gasteiger charge is -2.54. The largest absolute Gasteiger partial charge is 0.445 e. The molecule has 2 N–H and O–H groups in total. The van der Waals surface area contributed by atoms with E-state index in [2.05, 4.69) is 17.2 Å². The molecule has 0 bridgehead atoms. The minimum absolute atomic E-state index is 0.0813. The predicted octanol–water partition coefficient (Wildman–Crippen LogP) is 0.902. The number of hydrogen-bond donors (Lipinski definition) is 2. The van der Waals surface area contributed by atoms with E-state index in [9.17, 15) is 23.6 Å². The number of halogens is 1. The highest BCUT2D eigenvalue weighted by Gasteiger charge is 2.50. The first kappa shape index (κ1) is 28.9. The summed E-state index contributed by atoms with van der Waals surface area (Å²) in [5.41, 5.74) is 0.713. The van der Waals surface area contributed by atoms with Crippen molar-refractivity contribution in [2.24, 2.45) is 0 Å².